The van der Waals surface area contributed by atoms with Crippen molar-refractivity contribution in [1.82, 2.24) is 0 Å². The van der Waals surface area contributed by atoms with E-state index in [1.165, 1.54) is 6.07 Å². The minimum absolute atomic E-state index is 0.138. The first-order valence-corrected chi connectivity index (χ1v) is 5.77. The molecule has 0 N–H and O–H groups in total. The van der Waals surface area contributed by atoms with Crippen molar-refractivity contribution < 1.29 is 4.42 Å². The molecule has 2 rings (SSSR count). The molecule has 5 heteroatoms. The lowest BCUT2D eigenvalue weighted by molar-refractivity contribution is 0.518. The van der Waals surface area contributed by atoms with Gasteiger partial charge in [-0.1, -0.05) is 30.3 Å². The molecule has 0 atom stereocenters. The number of benzene rings is 1. The molecule has 1 aromatic heterocycles. The maximum absolute atomic E-state index is 11.6. The Labute approximate surface area is 107 Å². The van der Waals surface area contributed by atoms with Crippen LogP contribution in [0.2, 0.25) is 0 Å². The number of hydrogen-bond acceptors (Lipinski definition) is 5. The molecule has 86 valence electrons. The van der Waals surface area contributed by atoms with Crippen LogP contribution in [0, 0.1) is 22.0 Å². The van der Waals surface area contributed by atoms with Crippen molar-refractivity contribution in [2.45, 2.75) is 4.90 Å². The first kappa shape index (κ1) is 12.0. The highest BCUT2D eigenvalue weighted by molar-refractivity contribution is 8.03. The zero-order chi connectivity index (χ0) is 13.0. The van der Waals surface area contributed by atoms with Gasteiger partial charge in [0.1, 0.15) is 17.2 Å². The Morgan fingerprint density at radius 1 is 1.17 bits per heavy atom. The lowest BCUT2D eigenvalue weighted by Gasteiger charge is -2.02. The molecule has 0 radical (unpaired) electrons. The van der Waals surface area contributed by atoms with Crippen molar-refractivity contribution in [1.29, 1.82) is 10.5 Å². The Morgan fingerprint density at radius 2 is 1.89 bits per heavy atom. The second kappa shape index (κ2) is 5.22. The van der Waals surface area contributed by atoms with Crippen LogP contribution in [0.1, 0.15) is 5.56 Å². The predicted molar refractivity (Wildman–Crippen MR) is 66.6 cm³/mol. The van der Waals surface area contributed by atoms with Crippen LogP contribution in [0.15, 0.2) is 50.5 Å². The Bertz CT molecular complexity index is 708. The van der Waals surface area contributed by atoms with E-state index >= 15 is 0 Å². The molecule has 1 aromatic carbocycles. The number of nitrogens with zero attached hydrogens (tertiary/aromatic N) is 2. The van der Waals surface area contributed by atoms with E-state index < -0.39 is 5.63 Å². The van der Waals surface area contributed by atoms with E-state index in [0.717, 1.165) is 17.3 Å². The van der Waals surface area contributed by atoms with E-state index in [1.807, 2.05) is 23.6 Å². The van der Waals surface area contributed by atoms with Gasteiger partial charge in [-0.05, 0) is 17.8 Å². The summed E-state index contributed by atoms with van der Waals surface area (Å²) in [5.41, 5.74) is -0.142. The van der Waals surface area contributed by atoms with Crippen LogP contribution < -0.4 is 5.63 Å². The number of hydrogen-bond donors (Lipinski definition) is 0. The smallest absolute Gasteiger partial charge is 0.355 e. The zero-order valence-electron chi connectivity index (χ0n) is 9.08. The van der Waals surface area contributed by atoms with E-state index in [4.69, 9.17) is 14.9 Å². The van der Waals surface area contributed by atoms with E-state index in [0.29, 0.717) is 10.7 Å². The summed E-state index contributed by atoms with van der Waals surface area (Å²) in [5, 5.41) is 19.4. The summed E-state index contributed by atoms with van der Waals surface area (Å²) >= 11 is 0.773. The summed E-state index contributed by atoms with van der Waals surface area (Å²) < 4.78 is 5.07. The molecule has 0 spiro atoms. The van der Waals surface area contributed by atoms with Crippen LogP contribution in [0.3, 0.4) is 0 Å². The molecule has 0 amide bonds. The lowest BCUT2D eigenvalue weighted by atomic mass is 10.1. The molecule has 4 nitrogen and oxygen atoms in total. The third-order valence-corrected chi connectivity index (χ3v) is 2.87. The molecule has 0 saturated heterocycles. The average Bonchev–Trinajstić information content (AvgIpc) is 2.40. The minimum Gasteiger partial charge on any atom is -0.422 e. The third-order valence-electron chi connectivity index (χ3n) is 2.24. The predicted octanol–water partition coefficient (Wildman–Crippen LogP) is 2.75. The fourth-order valence-electron chi connectivity index (χ4n) is 1.45. The minimum atomic E-state index is -0.725. The molecule has 0 aliphatic rings. The van der Waals surface area contributed by atoms with E-state index in [-0.39, 0.29) is 5.56 Å². The van der Waals surface area contributed by atoms with Crippen LogP contribution in [0.25, 0.3) is 11.3 Å². The molecule has 0 saturated carbocycles. The summed E-state index contributed by atoms with van der Waals surface area (Å²) in [7, 11) is 0. The van der Waals surface area contributed by atoms with Crippen LogP contribution in [0.4, 0.5) is 0 Å². The van der Waals surface area contributed by atoms with E-state index in [1.54, 1.807) is 18.2 Å². The Kier molecular flexibility index (Phi) is 3.47. The van der Waals surface area contributed by atoms with Gasteiger partial charge in [-0.3, -0.25) is 0 Å². The third kappa shape index (κ3) is 2.27. The van der Waals surface area contributed by atoms with Gasteiger partial charge in [0.2, 0.25) is 0 Å². The first-order chi connectivity index (χ1) is 8.76. The van der Waals surface area contributed by atoms with Gasteiger partial charge < -0.3 is 4.42 Å². The SMILES string of the molecule is N#CSc1cc(-c2ccccc2)oc(=O)c1C#N. The van der Waals surface area contributed by atoms with Crippen molar-refractivity contribution in [3.8, 4) is 22.8 Å². The van der Waals surface area contributed by atoms with Gasteiger partial charge in [0, 0.05) is 5.56 Å². The van der Waals surface area contributed by atoms with Crippen LogP contribution in [0.5, 0.6) is 0 Å². The maximum atomic E-state index is 11.6. The lowest BCUT2D eigenvalue weighted by Crippen LogP contribution is -2.06. The number of rotatable bonds is 2. The number of nitriles is 2. The van der Waals surface area contributed by atoms with Crippen molar-refractivity contribution in [3.63, 3.8) is 0 Å². The van der Waals surface area contributed by atoms with E-state index in [2.05, 4.69) is 0 Å². The van der Waals surface area contributed by atoms with Crippen molar-refractivity contribution >= 4 is 11.8 Å². The van der Waals surface area contributed by atoms with Gasteiger partial charge in [-0.15, -0.1) is 0 Å². The summed E-state index contributed by atoms with van der Waals surface area (Å²) in [4.78, 5) is 11.9. The number of thioether (sulfide) groups is 1. The summed E-state index contributed by atoms with van der Waals surface area (Å²) in [5.74, 6) is 0.345. The highest BCUT2D eigenvalue weighted by atomic mass is 32.2. The van der Waals surface area contributed by atoms with Crippen LogP contribution in [-0.2, 0) is 0 Å². The molecule has 0 fully saturated rings. The largest absolute Gasteiger partial charge is 0.422 e. The molecule has 2 aromatic rings. The molecule has 18 heavy (non-hydrogen) atoms. The fourth-order valence-corrected chi connectivity index (χ4v) is 1.94. The Hall–Kier alpha value is -2.50. The van der Waals surface area contributed by atoms with Gasteiger partial charge in [0.25, 0.3) is 0 Å². The topological polar surface area (TPSA) is 77.8 Å². The normalized spacial score (nSPS) is 9.44. The fraction of sp³-hybridized carbons (Fsp3) is 0. The zero-order valence-corrected chi connectivity index (χ0v) is 9.90. The quantitative estimate of drug-likeness (QED) is 0.608. The molecule has 0 bridgehead atoms. The summed E-state index contributed by atoms with van der Waals surface area (Å²) in [6.07, 6.45) is 0. The highest BCUT2D eigenvalue weighted by Gasteiger charge is 2.13. The molecular weight excluding hydrogens is 248 g/mol. The molecule has 0 unspecified atom stereocenters. The van der Waals surface area contributed by atoms with Gasteiger partial charge >= 0.3 is 5.63 Å². The van der Waals surface area contributed by atoms with Crippen molar-refractivity contribution in [2.24, 2.45) is 0 Å². The second-order valence-corrected chi connectivity index (χ2v) is 4.14. The van der Waals surface area contributed by atoms with Crippen molar-refractivity contribution in [2.75, 3.05) is 0 Å². The maximum Gasteiger partial charge on any atom is 0.355 e. The van der Waals surface area contributed by atoms with Gasteiger partial charge in [0.15, 0.2) is 5.56 Å². The van der Waals surface area contributed by atoms with Gasteiger partial charge in [-0.25, -0.2) is 4.79 Å². The van der Waals surface area contributed by atoms with Crippen LogP contribution >= 0.6 is 11.8 Å². The summed E-state index contributed by atoms with van der Waals surface area (Å²) in [6, 6.07) is 12.3. The standard InChI is InChI=1S/C13H6N2O2S/c14-7-10-12(18-8-15)6-11(17-13(10)16)9-4-2-1-3-5-9/h1-6H. The number of thiocyanates is 1. The highest BCUT2D eigenvalue weighted by Crippen LogP contribution is 2.25. The molecule has 1 heterocycles. The Morgan fingerprint density at radius 3 is 2.50 bits per heavy atom. The molecular formula is C13H6N2O2S. The van der Waals surface area contributed by atoms with Gasteiger partial charge in [0.05, 0.1) is 4.90 Å². The van der Waals surface area contributed by atoms with Gasteiger partial charge in [-0.2, -0.15) is 10.5 Å². The molecule has 0 aliphatic carbocycles. The van der Waals surface area contributed by atoms with Crippen LogP contribution in [-0.4, -0.2) is 0 Å². The molecule has 0 aliphatic heterocycles. The first-order valence-electron chi connectivity index (χ1n) is 4.96. The summed E-state index contributed by atoms with van der Waals surface area (Å²) in [6.45, 7) is 0. The van der Waals surface area contributed by atoms with E-state index in [9.17, 15) is 4.79 Å². The van der Waals surface area contributed by atoms with Crippen molar-refractivity contribution in [3.05, 3.63) is 52.4 Å². The average molecular weight is 254 g/mol. The Balaban J connectivity index is 2.64. The monoisotopic (exact) mass is 254 g/mol. The second-order valence-electron chi connectivity index (χ2n) is 3.31.